The van der Waals surface area contributed by atoms with E-state index in [1.54, 1.807) is 23.1 Å². The largest absolute Gasteiger partial charge is 0.317 e. The van der Waals surface area contributed by atoms with Crippen LogP contribution in [0.25, 0.3) is 0 Å². The monoisotopic (exact) mass is 217 g/mol. The van der Waals surface area contributed by atoms with Crippen LogP contribution < -0.4 is 5.32 Å². The van der Waals surface area contributed by atoms with Crippen LogP contribution in [0.1, 0.15) is 16.9 Å². The normalized spacial score (nSPS) is 10.6. The highest BCUT2D eigenvalue weighted by Gasteiger charge is 2.02. The van der Waals surface area contributed by atoms with E-state index in [9.17, 15) is 0 Å². The molecule has 3 nitrogen and oxygen atoms in total. The zero-order chi connectivity index (χ0) is 9.52. The Balaban J connectivity index is 2.31. The molecule has 0 saturated heterocycles. The third-order valence-corrected chi connectivity index (χ3v) is 3.27. The van der Waals surface area contributed by atoms with Crippen LogP contribution in [0.3, 0.4) is 0 Å². The highest BCUT2D eigenvalue weighted by Crippen LogP contribution is 2.14. The molecule has 0 radical (unpaired) electrons. The molecule has 0 spiro atoms. The molecule has 1 heterocycles. The quantitative estimate of drug-likeness (QED) is 0.734. The summed E-state index contributed by atoms with van der Waals surface area (Å²) < 4.78 is 0. The average Bonchev–Trinajstić information content (AvgIpc) is 2.54. The number of nitrogens with one attached hydrogen (secondary N) is 1. The molecular weight excluding hydrogens is 202 g/mol. The Morgan fingerprint density at radius 3 is 2.85 bits per heavy atom. The van der Waals surface area contributed by atoms with Crippen molar-refractivity contribution in [3.63, 3.8) is 0 Å². The summed E-state index contributed by atoms with van der Waals surface area (Å²) in [5.74, 6) is 0.985. The van der Waals surface area contributed by atoms with E-state index in [4.69, 9.17) is 0 Å². The Labute approximate surface area is 87.3 Å². The van der Waals surface area contributed by atoms with Crippen LogP contribution in [-0.2, 0) is 12.2 Å². The van der Waals surface area contributed by atoms with Crippen LogP contribution in [0.4, 0.5) is 0 Å². The number of aromatic nitrogens is 2. The van der Waals surface area contributed by atoms with E-state index in [1.807, 2.05) is 0 Å². The molecule has 0 atom stereocenters. The van der Waals surface area contributed by atoms with E-state index in [0.717, 1.165) is 35.3 Å². The smallest absolute Gasteiger partial charge is 0.127 e. The van der Waals surface area contributed by atoms with Gasteiger partial charge in [-0.05, 0) is 12.8 Å². The average molecular weight is 217 g/mol. The van der Waals surface area contributed by atoms with E-state index in [0.29, 0.717) is 0 Å². The maximum absolute atomic E-state index is 4.12. The lowest BCUT2D eigenvalue weighted by Crippen LogP contribution is -2.15. The predicted molar refractivity (Wildman–Crippen MR) is 59.4 cm³/mol. The Bertz CT molecular complexity index is 237. The van der Waals surface area contributed by atoms with Crippen LogP contribution in [0.5, 0.6) is 0 Å². The second-order valence-electron chi connectivity index (χ2n) is 2.63. The molecule has 1 N–H and O–H groups in total. The molecule has 74 valence electrons. The van der Waals surface area contributed by atoms with Gasteiger partial charge in [0.2, 0.25) is 0 Å². The molecule has 0 aliphatic rings. The van der Waals surface area contributed by atoms with Crippen molar-refractivity contribution in [3.8, 4) is 0 Å². The van der Waals surface area contributed by atoms with Gasteiger partial charge in [-0.1, -0.05) is 6.92 Å². The van der Waals surface area contributed by atoms with Crippen molar-refractivity contribution in [3.05, 3.63) is 10.0 Å². The van der Waals surface area contributed by atoms with E-state index in [2.05, 4.69) is 28.7 Å². The zero-order valence-corrected chi connectivity index (χ0v) is 9.67. The minimum atomic E-state index is 0.985. The molecule has 1 aromatic heterocycles. The van der Waals surface area contributed by atoms with Gasteiger partial charge in [-0.25, -0.2) is 0 Å². The number of likely N-dealkylation sites (N-methyl/N-ethyl adjacent to an activating group) is 1. The van der Waals surface area contributed by atoms with Crippen LogP contribution in [0.2, 0.25) is 0 Å². The van der Waals surface area contributed by atoms with Crippen molar-refractivity contribution < 1.29 is 0 Å². The minimum Gasteiger partial charge on any atom is -0.317 e. The molecule has 0 saturated carbocycles. The van der Waals surface area contributed by atoms with Crippen molar-refractivity contribution in [1.29, 1.82) is 0 Å². The Kier molecular flexibility index (Phi) is 5.34. The summed E-state index contributed by atoms with van der Waals surface area (Å²) in [4.78, 5) is 0. The molecule has 0 aromatic carbocycles. The molecule has 0 aliphatic carbocycles. The highest BCUT2D eigenvalue weighted by atomic mass is 32.2. The van der Waals surface area contributed by atoms with Crippen LogP contribution >= 0.6 is 23.1 Å². The molecule has 13 heavy (non-hydrogen) atoms. The second kappa shape index (κ2) is 6.34. The number of hydrogen-bond donors (Lipinski definition) is 1. The van der Waals surface area contributed by atoms with Crippen molar-refractivity contribution in [2.75, 3.05) is 19.3 Å². The lowest BCUT2D eigenvalue weighted by molar-refractivity contribution is 0.710. The van der Waals surface area contributed by atoms with Gasteiger partial charge in [-0.3, -0.25) is 0 Å². The Morgan fingerprint density at radius 2 is 2.15 bits per heavy atom. The van der Waals surface area contributed by atoms with E-state index in [-0.39, 0.29) is 0 Å². The first-order valence-electron chi connectivity index (χ1n) is 4.37. The standard InChI is InChI=1S/C8H15N3S2/c1-3-9-5-4-7-10-11-8(13-7)6-12-2/h9H,3-6H2,1-2H3. The number of thioether (sulfide) groups is 1. The molecule has 0 unspecified atom stereocenters. The van der Waals surface area contributed by atoms with Gasteiger partial charge in [0.15, 0.2) is 0 Å². The summed E-state index contributed by atoms with van der Waals surface area (Å²) in [6.07, 6.45) is 3.08. The van der Waals surface area contributed by atoms with Gasteiger partial charge in [0.25, 0.3) is 0 Å². The number of nitrogens with zero attached hydrogens (tertiary/aromatic N) is 2. The fourth-order valence-corrected chi connectivity index (χ4v) is 2.48. The SMILES string of the molecule is CCNCCc1nnc(CSC)s1. The second-order valence-corrected chi connectivity index (χ2v) is 4.64. The molecule has 0 amide bonds. The fraction of sp³-hybridized carbons (Fsp3) is 0.750. The lowest BCUT2D eigenvalue weighted by atomic mass is 10.4. The third-order valence-electron chi connectivity index (χ3n) is 1.54. The highest BCUT2D eigenvalue weighted by molar-refractivity contribution is 7.97. The van der Waals surface area contributed by atoms with Gasteiger partial charge >= 0.3 is 0 Å². The predicted octanol–water partition coefficient (Wildman–Crippen LogP) is 1.55. The Hall–Kier alpha value is -0.130. The van der Waals surface area contributed by atoms with Crippen molar-refractivity contribution in [2.24, 2.45) is 0 Å². The van der Waals surface area contributed by atoms with Gasteiger partial charge in [0, 0.05) is 18.7 Å². The van der Waals surface area contributed by atoms with Gasteiger partial charge in [-0.2, -0.15) is 11.8 Å². The Morgan fingerprint density at radius 1 is 1.38 bits per heavy atom. The van der Waals surface area contributed by atoms with Crippen LogP contribution in [0, 0.1) is 0 Å². The van der Waals surface area contributed by atoms with Crippen molar-refractivity contribution in [2.45, 2.75) is 19.1 Å². The van der Waals surface area contributed by atoms with Gasteiger partial charge < -0.3 is 5.32 Å². The van der Waals surface area contributed by atoms with E-state index < -0.39 is 0 Å². The third kappa shape index (κ3) is 4.06. The van der Waals surface area contributed by atoms with Crippen LogP contribution in [-0.4, -0.2) is 29.5 Å². The van der Waals surface area contributed by atoms with Gasteiger partial charge in [-0.15, -0.1) is 21.5 Å². The fourth-order valence-electron chi connectivity index (χ4n) is 0.943. The maximum atomic E-state index is 4.12. The maximum Gasteiger partial charge on any atom is 0.127 e. The van der Waals surface area contributed by atoms with E-state index >= 15 is 0 Å². The molecular formula is C8H15N3S2. The van der Waals surface area contributed by atoms with Gasteiger partial charge in [0.05, 0.1) is 0 Å². The molecule has 0 aliphatic heterocycles. The molecule has 1 rings (SSSR count). The van der Waals surface area contributed by atoms with Crippen molar-refractivity contribution in [1.82, 2.24) is 15.5 Å². The summed E-state index contributed by atoms with van der Waals surface area (Å²) in [5, 5.41) is 13.8. The number of rotatable bonds is 6. The molecule has 1 aromatic rings. The topological polar surface area (TPSA) is 37.8 Å². The summed E-state index contributed by atoms with van der Waals surface area (Å²) in [5.41, 5.74) is 0. The first kappa shape index (κ1) is 10.9. The van der Waals surface area contributed by atoms with Crippen LogP contribution in [0.15, 0.2) is 0 Å². The first-order chi connectivity index (χ1) is 6.36. The summed E-state index contributed by atoms with van der Waals surface area (Å²) in [6.45, 7) is 4.14. The molecule has 5 heteroatoms. The van der Waals surface area contributed by atoms with Crippen molar-refractivity contribution >= 4 is 23.1 Å². The number of hydrogen-bond acceptors (Lipinski definition) is 5. The summed E-state index contributed by atoms with van der Waals surface area (Å²) in [6, 6.07) is 0. The summed E-state index contributed by atoms with van der Waals surface area (Å²) in [7, 11) is 0. The molecule has 0 bridgehead atoms. The zero-order valence-electron chi connectivity index (χ0n) is 8.04. The molecule has 0 fully saturated rings. The summed E-state index contributed by atoms with van der Waals surface area (Å²) >= 11 is 3.51. The minimum absolute atomic E-state index is 0.985. The van der Waals surface area contributed by atoms with Gasteiger partial charge in [0.1, 0.15) is 10.0 Å². The lowest BCUT2D eigenvalue weighted by Gasteiger charge is -1.95. The first-order valence-corrected chi connectivity index (χ1v) is 6.58. The van der Waals surface area contributed by atoms with E-state index in [1.165, 1.54) is 0 Å².